The third-order valence-electron chi connectivity index (χ3n) is 7.17. The van der Waals surface area contributed by atoms with E-state index in [1.54, 1.807) is 11.2 Å². The Balaban J connectivity index is 1.25. The normalized spacial score (nSPS) is 20.7. The monoisotopic (exact) mass is 459 g/mol. The van der Waals surface area contributed by atoms with Crippen LogP contribution in [0.3, 0.4) is 0 Å². The molecular formula is C27H29N3O4. The SMILES string of the molecule is O=C(c1ccc2c(c1)Oc1ccccc1N2C1CCN(Cc2ccoc2)CC1)N1CCC(O)C1. The molecule has 3 aliphatic rings. The molecule has 7 nitrogen and oxygen atoms in total. The van der Waals surface area contributed by atoms with Crippen molar-refractivity contribution in [1.82, 2.24) is 9.80 Å². The number of amides is 1. The van der Waals surface area contributed by atoms with Crippen molar-refractivity contribution in [1.29, 1.82) is 0 Å². The molecule has 0 spiro atoms. The van der Waals surface area contributed by atoms with E-state index in [9.17, 15) is 9.90 Å². The quantitative estimate of drug-likeness (QED) is 0.624. The summed E-state index contributed by atoms with van der Waals surface area (Å²) in [5.41, 5.74) is 3.89. The summed E-state index contributed by atoms with van der Waals surface area (Å²) in [6, 6.07) is 16.3. The van der Waals surface area contributed by atoms with Gasteiger partial charge in [-0.2, -0.15) is 0 Å². The van der Waals surface area contributed by atoms with E-state index >= 15 is 0 Å². The first kappa shape index (κ1) is 21.3. The van der Waals surface area contributed by atoms with Gasteiger partial charge in [0.1, 0.15) is 0 Å². The van der Waals surface area contributed by atoms with Crippen molar-refractivity contribution in [3.63, 3.8) is 0 Å². The van der Waals surface area contributed by atoms with E-state index < -0.39 is 6.10 Å². The molecule has 7 heteroatoms. The number of anilines is 2. The number of hydrogen-bond acceptors (Lipinski definition) is 6. The molecule has 2 fully saturated rings. The number of hydrogen-bond donors (Lipinski definition) is 1. The fraction of sp³-hybridized carbons (Fsp3) is 0.370. The summed E-state index contributed by atoms with van der Waals surface area (Å²) in [6.45, 7) is 3.92. The number of fused-ring (bicyclic) bond motifs is 2. The van der Waals surface area contributed by atoms with Crippen LogP contribution in [0.25, 0.3) is 0 Å². The highest BCUT2D eigenvalue weighted by Crippen LogP contribution is 2.49. The molecule has 176 valence electrons. The Kier molecular flexibility index (Phi) is 5.51. The second-order valence-corrected chi connectivity index (χ2v) is 9.45. The number of furan rings is 1. The van der Waals surface area contributed by atoms with E-state index in [4.69, 9.17) is 9.15 Å². The lowest BCUT2D eigenvalue weighted by Gasteiger charge is -2.42. The predicted octanol–water partition coefficient (Wildman–Crippen LogP) is 4.39. The summed E-state index contributed by atoms with van der Waals surface area (Å²) in [6.07, 6.45) is 5.83. The molecule has 3 aromatic rings. The molecular weight excluding hydrogens is 430 g/mol. The number of carbonyl (C=O) groups excluding carboxylic acids is 1. The van der Waals surface area contributed by atoms with E-state index in [1.165, 1.54) is 5.56 Å². The number of rotatable bonds is 4. The summed E-state index contributed by atoms with van der Waals surface area (Å²) >= 11 is 0. The lowest BCUT2D eigenvalue weighted by molar-refractivity contribution is 0.0764. The second-order valence-electron chi connectivity index (χ2n) is 9.45. The van der Waals surface area contributed by atoms with Gasteiger partial charge in [0.2, 0.25) is 0 Å². The van der Waals surface area contributed by atoms with Crippen LogP contribution in [-0.4, -0.2) is 59.1 Å². The summed E-state index contributed by atoms with van der Waals surface area (Å²) < 4.78 is 11.5. The van der Waals surface area contributed by atoms with Crippen LogP contribution in [0, 0.1) is 0 Å². The van der Waals surface area contributed by atoms with Crippen molar-refractivity contribution in [3.8, 4) is 11.5 Å². The topological polar surface area (TPSA) is 69.4 Å². The van der Waals surface area contributed by atoms with E-state index in [1.807, 2.05) is 48.7 Å². The summed E-state index contributed by atoms with van der Waals surface area (Å²) in [5, 5.41) is 9.83. The number of aliphatic hydroxyl groups is 1. The van der Waals surface area contributed by atoms with Gasteiger partial charge in [-0.1, -0.05) is 12.1 Å². The van der Waals surface area contributed by atoms with Gasteiger partial charge in [-0.05, 0) is 55.7 Å². The standard InChI is InChI=1S/C27H29N3O4/c31-22-9-13-29(17-22)27(32)20-5-6-24-26(15-20)34-25-4-2-1-3-23(25)30(24)21-7-11-28(12-8-21)16-19-10-14-33-18-19/h1-6,10,14-15,18,21-22,31H,7-9,11-13,16-17H2. The zero-order chi connectivity index (χ0) is 23.1. The van der Waals surface area contributed by atoms with Crippen molar-refractivity contribution < 1.29 is 19.1 Å². The Morgan fingerprint density at radius 2 is 1.79 bits per heavy atom. The van der Waals surface area contributed by atoms with Crippen molar-refractivity contribution in [2.24, 2.45) is 0 Å². The van der Waals surface area contributed by atoms with Crippen LogP contribution in [-0.2, 0) is 6.54 Å². The fourth-order valence-corrected chi connectivity index (χ4v) is 5.40. The number of piperidine rings is 1. The van der Waals surface area contributed by atoms with Gasteiger partial charge in [0, 0.05) is 49.9 Å². The molecule has 1 amide bonds. The minimum absolute atomic E-state index is 0.0547. The zero-order valence-electron chi connectivity index (χ0n) is 19.1. The van der Waals surface area contributed by atoms with Crippen LogP contribution in [0.4, 0.5) is 11.4 Å². The predicted molar refractivity (Wildman–Crippen MR) is 129 cm³/mol. The minimum Gasteiger partial charge on any atom is -0.472 e. The number of carbonyl (C=O) groups is 1. The Labute approximate surface area is 199 Å². The maximum atomic E-state index is 13.0. The number of para-hydroxylation sites is 2. The van der Waals surface area contributed by atoms with Gasteiger partial charge in [0.15, 0.2) is 11.5 Å². The molecule has 34 heavy (non-hydrogen) atoms. The summed E-state index contributed by atoms with van der Waals surface area (Å²) in [7, 11) is 0. The molecule has 1 unspecified atom stereocenters. The number of nitrogens with zero attached hydrogens (tertiary/aromatic N) is 3. The van der Waals surface area contributed by atoms with Crippen LogP contribution >= 0.6 is 0 Å². The first-order valence-electron chi connectivity index (χ1n) is 12.1. The number of β-amino-alcohol motifs (C(OH)–C–C–N with tert-alkyl or cyclic N) is 1. The average Bonchev–Trinajstić information content (AvgIpc) is 3.54. The maximum absolute atomic E-state index is 13.0. The molecule has 2 aromatic carbocycles. The van der Waals surface area contributed by atoms with Crippen LogP contribution in [0.5, 0.6) is 11.5 Å². The van der Waals surface area contributed by atoms with Gasteiger partial charge in [0.05, 0.1) is 30.0 Å². The Morgan fingerprint density at radius 1 is 0.971 bits per heavy atom. The van der Waals surface area contributed by atoms with E-state index in [2.05, 4.69) is 15.9 Å². The first-order valence-corrected chi connectivity index (χ1v) is 12.1. The van der Waals surface area contributed by atoms with Crippen LogP contribution in [0.1, 0.15) is 35.2 Å². The molecule has 2 saturated heterocycles. The molecule has 1 aromatic heterocycles. The largest absolute Gasteiger partial charge is 0.472 e. The van der Waals surface area contributed by atoms with Crippen molar-refractivity contribution in [2.45, 2.75) is 38.0 Å². The van der Waals surface area contributed by atoms with Crippen molar-refractivity contribution >= 4 is 17.3 Å². The number of ether oxygens (including phenoxy) is 1. The molecule has 0 radical (unpaired) electrons. The smallest absolute Gasteiger partial charge is 0.254 e. The van der Waals surface area contributed by atoms with Crippen molar-refractivity contribution in [3.05, 3.63) is 72.2 Å². The molecule has 0 aliphatic carbocycles. The lowest BCUT2D eigenvalue weighted by atomic mass is 9.99. The Morgan fingerprint density at radius 3 is 2.56 bits per heavy atom. The molecule has 3 aliphatic heterocycles. The third kappa shape index (κ3) is 3.95. The molecule has 1 atom stereocenters. The Hall–Kier alpha value is -3.29. The van der Waals surface area contributed by atoms with E-state index in [0.717, 1.165) is 49.6 Å². The Bertz CT molecular complexity index is 1170. The van der Waals surface area contributed by atoms with Gasteiger partial charge in [-0.25, -0.2) is 0 Å². The molecule has 0 bridgehead atoms. The van der Waals surface area contributed by atoms with Crippen LogP contribution in [0.2, 0.25) is 0 Å². The second kappa shape index (κ2) is 8.81. The molecule has 6 rings (SSSR count). The van der Waals surface area contributed by atoms with Gasteiger partial charge < -0.3 is 24.1 Å². The number of likely N-dealkylation sites (tertiary alicyclic amines) is 2. The highest BCUT2D eigenvalue weighted by molar-refractivity contribution is 5.96. The van der Waals surface area contributed by atoms with Crippen molar-refractivity contribution in [2.75, 3.05) is 31.1 Å². The highest BCUT2D eigenvalue weighted by atomic mass is 16.5. The molecule has 1 N–H and O–H groups in total. The fourth-order valence-electron chi connectivity index (χ4n) is 5.40. The average molecular weight is 460 g/mol. The van der Waals surface area contributed by atoms with Gasteiger partial charge >= 0.3 is 0 Å². The maximum Gasteiger partial charge on any atom is 0.254 e. The van der Waals surface area contributed by atoms with Gasteiger partial charge in [-0.15, -0.1) is 0 Å². The molecule has 4 heterocycles. The lowest BCUT2D eigenvalue weighted by Crippen LogP contribution is -2.43. The van der Waals surface area contributed by atoms with Crippen LogP contribution in [0.15, 0.2) is 65.5 Å². The number of benzene rings is 2. The van der Waals surface area contributed by atoms with Gasteiger partial charge in [0.25, 0.3) is 5.91 Å². The van der Waals surface area contributed by atoms with E-state index in [-0.39, 0.29) is 5.91 Å². The van der Waals surface area contributed by atoms with Crippen LogP contribution < -0.4 is 9.64 Å². The first-order chi connectivity index (χ1) is 16.7. The third-order valence-corrected chi connectivity index (χ3v) is 7.17. The van der Waals surface area contributed by atoms with Gasteiger partial charge in [-0.3, -0.25) is 9.69 Å². The summed E-state index contributed by atoms with van der Waals surface area (Å²) in [5.74, 6) is 1.48. The highest BCUT2D eigenvalue weighted by Gasteiger charge is 2.33. The number of aliphatic hydroxyl groups excluding tert-OH is 1. The zero-order valence-corrected chi connectivity index (χ0v) is 19.1. The van der Waals surface area contributed by atoms with E-state index in [0.29, 0.717) is 36.9 Å². The minimum atomic E-state index is -0.431. The summed E-state index contributed by atoms with van der Waals surface area (Å²) in [4.78, 5) is 19.6. The molecule has 0 saturated carbocycles.